The average Bonchev–Trinajstić information content (AvgIpc) is 2.96. The van der Waals surface area contributed by atoms with E-state index >= 15 is 0 Å². The Balaban J connectivity index is 1.53. The fourth-order valence-corrected chi connectivity index (χ4v) is 5.67. The average molecular weight is 668 g/mol. The first kappa shape index (κ1) is 28.8. The van der Waals surface area contributed by atoms with Gasteiger partial charge >= 0.3 is 0 Å². The van der Waals surface area contributed by atoms with Crippen LogP contribution in [0.1, 0.15) is 11.1 Å². The van der Waals surface area contributed by atoms with Crippen LogP contribution in [0, 0.1) is 0 Å². The van der Waals surface area contributed by atoms with Gasteiger partial charge in [0.2, 0.25) is 0 Å². The van der Waals surface area contributed by atoms with E-state index < -0.39 is 11.8 Å². The fraction of sp³-hybridized carbons (Fsp3) is 0.0645. The summed E-state index contributed by atoms with van der Waals surface area (Å²) in [4.78, 5) is 30.3. The van der Waals surface area contributed by atoms with Gasteiger partial charge in [-0.05, 0) is 88.3 Å². The van der Waals surface area contributed by atoms with Gasteiger partial charge in [0.05, 0.1) is 23.0 Å². The lowest BCUT2D eigenvalue weighted by Crippen LogP contribution is -2.56. The topological polar surface area (TPSA) is 59.1 Å². The quantitative estimate of drug-likeness (QED) is 0.113. The highest BCUT2D eigenvalue weighted by Crippen LogP contribution is 2.39. The maximum absolute atomic E-state index is 13.8. The zero-order valence-electron chi connectivity index (χ0n) is 21.5. The SMILES string of the molecule is COc1cc(C=C2C(=O)N(c3ccccc3)C(=S)N(c3ccccc3)C2=O)cc(Br)c1OCc1ccc(Cl)cc1Cl. The van der Waals surface area contributed by atoms with E-state index in [1.807, 2.05) is 12.1 Å². The van der Waals surface area contributed by atoms with Crippen LogP contribution in [0.5, 0.6) is 11.5 Å². The largest absolute Gasteiger partial charge is 0.493 e. The molecule has 206 valence electrons. The first-order chi connectivity index (χ1) is 19.8. The van der Waals surface area contributed by atoms with Gasteiger partial charge in [-0.3, -0.25) is 19.4 Å². The second-order valence-electron chi connectivity index (χ2n) is 8.85. The minimum Gasteiger partial charge on any atom is -0.493 e. The summed E-state index contributed by atoms with van der Waals surface area (Å²) < 4.78 is 12.2. The molecule has 1 saturated heterocycles. The van der Waals surface area contributed by atoms with E-state index in [1.165, 1.54) is 23.0 Å². The number of amides is 2. The van der Waals surface area contributed by atoms with Gasteiger partial charge in [0.25, 0.3) is 11.8 Å². The molecule has 1 aliphatic rings. The molecule has 0 saturated carbocycles. The monoisotopic (exact) mass is 666 g/mol. The molecule has 1 fully saturated rings. The number of halogens is 3. The Morgan fingerprint density at radius 1 is 0.854 bits per heavy atom. The lowest BCUT2D eigenvalue weighted by atomic mass is 10.0. The number of rotatable bonds is 7. The Hall–Kier alpha value is -3.69. The van der Waals surface area contributed by atoms with Gasteiger partial charge in [-0.1, -0.05) is 65.7 Å². The molecule has 0 radical (unpaired) electrons. The smallest absolute Gasteiger partial charge is 0.270 e. The summed E-state index contributed by atoms with van der Waals surface area (Å²) in [7, 11) is 1.50. The predicted molar refractivity (Wildman–Crippen MR) is 170 cm³/mol. The highest BCUT2D eigenvalue weighted by atomic mass is 79.9. The van der Waals surface area contributed by atoms with E-state index in [-0.39, 0.29) is 17.3 Å². The lowest BCUT2D eigenvalue weighted by molar-refractivity contribution is -0.120. The standard InChI is InChI=1S/C31H21BrCl2N2O4S/c1-39-27-16-19(15-25(32)28(27)40-18-20-12-13-21(33)17-26(20)34)14-24-29(37)35(22-8-4-2-5-9-22)31(41)36(30(24)38)23-10-6-3-7-11-23/h2-17H,18H2,1H3. The molecule has 0 aliphatic carbocycles. The summed E-state index contributed by atoms with van der Waals surface area (Å²) in [5, 5.41) is 1.07. The van der Waals surface area contributed by atoms with Crippen molar-refractivity contribution in [2.24, 2.45) is 0 Å². The van der Waals surface area contributed by atoms with Gasteiger partial charge in [0.1, 0.15) is 12.2 Å². The number of carbonyl (C=O) groups excluding carboxylic acids is 2. The number of methoxy groups -OCH3 is 1. The third-order valence-corrected chi connectivity index (χ3v) is 7.77. The zero-order chi connectivity index (χ0) is 29.1. The Bertz CT molecular complexity index is 1620. The van der Waals surface area contributed by atoms with E-state index in [2.05, 4.69) is 15.9 Å². The second kappa shape index (κ2) is 12.4. The van der Waals surface area contributed by atoms with Crippen molar-refractivity contribution in [1.29, 1.82) is 0 Å². The molecule has 1 heterocycles. The number of hydrogen-bond acceptors (Lipinski definition) is 5. The molecular weight excluding hydrogens is 647 g/mol. The first-order valence-electron chi connectivity index (χ1n) is 12.3. The Labute approximate surface area is 260 Å². The molecule has 2 amide bonds. The van der Waals surface area contributed by atoms with Crippen LogP contribution in [0.3, 0.4) is 0 Å². The number of carbonyl (C=O) groups is 2. The molecular formula is C31H21BrCl2N2O4S. The summed E-state index contributed by atoms with van der Waals surface area (Å²) in [6.45, 7) is 0.165. The molecule has 0 spiro atoms. The van der Waals surface area contributed by atoms with Crippen LogP contribution in [-0.2, 0) is 16.2 Å². The molecule has 5 rings (SSSR count). The highest BCUT2D eigenvalue weighted by molar-refractivity contribution is 9.10. The number of nitrogens with zero attached hydrogens (tertiary/aromatic N) is 2. The molecule has 0 N–H and O–H groups in total. The Morgan fingerprint density at radius 2 is 1.44 bits per heavy atom. The second-order valence-corrected chi connectivity index (χ2v) is 10.9. The van der Waals surface area contributed by atoms with Gasteiger partial charge in [-0.25, -0.2) is 0 Å². The van der Waals surface area contributed by atoms with Gasteiger partial charge in [0, 0.05) is 15.6 Å². The number of para-hydroxylation sites is 2. The highest BCUT2D eigenvalue weighted by Gasteiger charge is 2.41. The van der Waals surface area contributed by atoms with Crippen molar-refractivity contribution in [3.63, 3.8) is 0 Å². The van der Waals surface area contributed by atoms with Crippen LogP contribution < -0.4 is 19.3 Å². The van der Waals surface area contributed by atoms with E-state index in [0.29, 0.717) is 43.0 Å². The summed E-state index contributed by atoms with van der Waals surface area (Å²) in [6, 6.07) is 26.5. The van der Waals surface area contributed by atoms with Crippen molar-refractivity contribution in [2.45, 2.75) is 6.61 Å². The van der Waals surface area contributed by atoms with Gasteiger partial charge < -0.3 is 9.47 Å². The maximum atomic E-state index is 13.8. The van der Waals surface area contributed by atoms with Crippen molar-refractivity contribution in [3.05, 3.63) is 122 Å². The molecule has 10 heteroatoms. The minimum absolute atomic E-state index is 0.0675. The van der Waals surface area contributed by atoms with Crippen molar-refractivity contribution in [3.8, 4) is 11.5 Å². The van der Waals surface area contributed by atoms with Gasteiger partial charge in [0.15, 0.2) is 16.6 Å². The van der Waals surface area contributed by atoms with E-state index in [9.17, 15) is 9.59 Å². The number of anilines is 2. The number of thiocarbonyl (C=S) groups is 1. The van der Waals surface area contributed by atoms with Crippen molar-refractivity contribution in [2.75, 3.05) is 16.9 Å². The van der Waals surface area contributed by atoms with E-state index in [1.54, 1.807) is 78.9 Å². The molecule has 0 unspecified atom stereocenters. The van der Waals surface area contributed by atoms with Gasteiger partial charge in [-0.15, -0.1) is 0 Å². The van der Waals surface area contributed by atoms with Crippen LogP contribution in [-0.4, -0.2) is 24.0 Å². The van der Waals surface area contributed by atoms with Crippen LogP contribution >= 0.6 is 51.3 Å². The van der Waals surface area contributed by atoms with Crippen molar-refractivity contribution >= 4 is 85.7 Å². The molecule has 1 aliphatic heterocycles. The lowest BCUT2D eigenvalue weighted by Gasteiger charge is -2.36. The normalized spacial score (nSPS) is 13.5. The fourth-order valence-electron chi connectivity index (χ4n) is 4.26. The molecule has 0 atom stereocenters. The molecule has 4 aromatic carbocycles. The molecule has 0 bridgehead atoms. The zero-order valence-corrected chi connectivity index (χ0v) is 25.4. The van der Waals surface area contributed by atoms with Crippen LogP contribution in [0.15, 0.2) is 101 Å². The number of ether oxygens (including phenoxy) is 2. The summed E-state index contributed by atoms with van der Waals surface area (Å²) in [6.07, 6.45) is 1.52. The third-order valence-electron chi connectivity index (χ3n) is 6.23. The number of benzene rings is 4. The van der Waals surface area contributed by atoms with Crippen molar-refractivity contribution < 1.29 is 19.1 Å². The Kier molecular flexibility index (Phi) is 8.75. The Morgan fingerprint density at radius 3 is 1.98 bits per heavy atom. The first-order valence-corrected chi connectivity index (χ1v) is 14.2. The van der Waals surface area contributed by atoms with Crippen LogP contribution in [0.4, 0.5) is 11.4 Å². The maximum Gasteiger partial charge on any atom is 0.270 e. The van der Waals surface area contributed by atoms with E-state index in [0.717, 1.165) is 5.56 Å². The van der Waals surface area contributed by atoms with Gasteiger partial charge in [-0.2, -0.15) is 0 Å². The minimum atomic E-state index is -0.536. The summed E-state index contributed by atoms with van der Waals surface area (Å²) in [5.74, 6) is -0.250. The predicted octanol–water partition coefficient (Wildman–Crippen LogP) is 8.09. The third kappa shape index (κ3) is 6.01. The van der Waals surface area contributed by atoms with Crippen LogP contribution in [0.2, 0.25) is 10.0 Å². The molecule has 41 heavy (non-hydrogen) atoms. The number of hydrogen-bond donors (Lipinski definition) is 0. The summed E-state index contributed by atoms with van der Waals surface area (Å²) >= 11 is 21.5. The molecule has 6 nitrogen and oxygen atoms in total. The van der Waals surface area contributed by atoms with E-state index in [4.69, 9.17) is 44.9 Å². The van der Waals surface area contributed by atoms with Crippen molar-refractivity contribution in [1.82, 2.24) is 0 Å². The molecule has 0 aromatic heterocycles. The molecule has 4 aromatic rings. The van der Waals surface area contributed by atoms with Crippen LogP contribution in [0.25, 0.3) is 6.08 Å². The summed E-state index contributed by atoms with van der Waals surface area (Å²) in [5.41, 5.74) is 2.31.